The molecule has 170 valence electrons. The molecule has 2 heterocycles. The van der Waals surface area contributed by atoms with Crippen molar-refractivity contribution in [1.29, 1.82) is 0 Å². The Morgan fingerprint density at radius 2 is 1.76 bits per heavy atom. The SMILES string of the molecule is COc1ccc(CO)cc1-c1ccc2c3c1CN(c1ccccc1OC)N3C(=O)C(C)(C)N2. The minimum Gasteiger partial charge on any atom is -0.496 e. The maximum atomic E-state index is 13.7. The zero-order valence-corrected chi connectivity index (χ0v) is 19.2. The van der Waals surface area contributed by atoms with Crippen molar-refractivity contribution in [2.24, 2.45) is 0 Å². The number of methoxy groups -OCH3 is 2. The summed E-state index contributed by atoms with van der Waals surface area (Å²) in [5.74, 6) is 1.35. The van der Waals surface area contributed by atoms with Crippen molar-refractivity contribution in [1.82, 2.24) is 0 Å². The maximum absolute atomic E-state index is 13.7. The third-order valence-corrected chi connectivity index (χ3v) is 6.32. The van der Waals surface area contributed by atoms with Crippen LogP contribution in [0.5, 0.6) is 11.5 Å². The number of rotatable bonds is 5. The number of para-hydroxylation sites is 2. The number of benzene rings is 3. The van der Waals surface area contributed by atoms with Crippen molar-refractivity contribution < 1.29 is 19.4 Å². The molecule has 2 aliphatic heterocycles. The van der Waals surface area contributed by atoms with E-state index < -0.39 is 5.54 Å². The van der Waals surface area contributed by atoms with Crippen molar-refractivity contribution in [2.45, 2.75) is 32.5 Å². The molecule has 33 heavy (non-hydrogen) atoms. The van der Waals surface area contributed by atoms with Gasteiger partial charge in [0.1, 0.15) is 22.7 Å². The van der Waals surface area contributed by atoms with Crippen molar-refractivity contribution in [3.63, 3.8) is 0 Å². The van der Waals surface area contributed by atoms with E-state index in [1.54, 1.807) is 19.2 Å². The Morgan fingerprint density at radius 3 is 2.48 bits per heavy atom. The van der Waals surface area contributed by atoms with Gasteiger partial charge in [0.05, 0.1) is 38.7 Å². The molecule has 0 aliphatic carbocycles. The number of amides is 1. The Hall–Kier alpha value is -3.71. The molecule has 5 rings (SSSR count). The topological polar surface area (TPSA) is 74.3 Å². The van der Waals surface area contributed by atoms with Crippen molar-refractivity contribution in [3.8, 4) is 22.6 Å². The van der Waals surface area contributed by atoms with E-state index in [1.807, 2.05) is 67.4 Å². The summed E-state index contributed by atoms with van der Waals surface area (Å²) in [4.78, 5) is 13.7. The van der Waals surface area contributed by atoms with Crippen molar-refractivity contribution >= 4 is 23.0 Å². The van der Waals surface area contributed by atoms with E-state index in [2.05, 4.69) is 11.4 Å². The molecule has 0 fully saturated rings. The number of hydrogen-bond acceptors (Lipinski definition) is 6. The van der Waals surface area contributed by atoms with Crippen LogP contribution in [-0.2, 0) is 17.9 Å². The fourth-order valence-corrected chi connectivity index (χ4v) is 4.70. The summed E-state index contributed by atoms with van der Waals surface area (Å²) >= 11 is 0. The smallest absolute Gasteiger partial charge is 0.270 e. The van der Waals surface area contributed by atoms with Gasteiger partial charge in [0, 0.05) is 11.1 Å². The van der Waals surface area contributed by atoms with Gasteiger partial charge in [0.25, 0.3) is 5.91 Å². The normalized spacial score (nSPS) is 15.8. The molecule has 0 radical (unpaired) electrons. The summed E-state index contributed by atoms with van der Waals surface area (Å²) in [6, 6.07) is 17.4. The number of hydrazine groups is 1. The van der Waals surface area contributed by atoms with Crippen LogP contribution in [0.3, 0.4) is 0 Å². The molecule has 2 aliphatic rings. The summed E-state index contributed by atoms with van der Waals surface area (Å²) in [5.41, 5.74) is 5.40. The van der Waals surface area contributed by atoms with Crippen LogP contribution in [0.4, 0.5) is 17.1 Å². The molecular weight excluding hydrogens is 418 g/mol. The molecule has 0 saturated carbocycles. The van der Waals surface area contributed by atoms with E-state index in [-0.39, 0.29) is 12.5 Å². The third-order valence-electron chi connectivity index (χ3n) is 6.32. The monoisotopic (exact) mass is 445 g/mol. The van der Waals surface area contributed by atoms with Crippen molar-refractivity contribution in [2.75, 3.05) is 29.6 Å². The predicted octanol–water partition coefficient (Wildman–Crippen LogP) is 4.34. The molecule has 7 heteroatoms. The third kappa shape index (κ3) is 3.19. The van der Waals surface area contributed by atoms with Gasteiger partial charge in [-0.1, -0.05) is 24.3 Å². The summed E-state index contributed by atoms with van der Waals surface area (Å²) < 4.78 is 11.3. The summed E-state index contributed by atoms with van der Waals surface area (Å²) in [6.45, 7) is 4.19. The van der Waals surface area contributed by atoms with Gasteiger partial charge in [-0.25, -0.2) is 5.01 Å². The highest BCUT2D eigenvalue weighted by atomic mass is 16.5. The Balaban J connectivity index is 1.75. The fourth-order valence-electron chi connectivity index (χ4n) is 4.70. The van der Waals surface area contributed by atoms with E-state index in [0.29, 0.717) is 18.0 Å². The zero-order chi connectivity index (χ0) is 23.3. The van der Waals surface area contributed by atoms with Crippen LogP contribution in [0.1, 0.15) is 25.0 Å². The number of nitrogens with zero attached hydrogens (tertiary/aromatic N) is 2. The van der Waals surface area contributed by atoms with E-state index in [9.17, 15) is 9.90 Å². The van der Waals surface area contributed by atoms with E-state index in [1.165, 1.54) is 0 Å². The standard InChI is InChI=1S/C26H27N3O4/c1-26(2)25(31)29-24-19(14-28(29)21-7-5-6-8-23(21)33-4)17(10-11-20(24)27-26)18-13-16(15-30)9-12-22(18)32-3/h5-13,27,30H,14-15H2,1-4H3. The largest absolute Gasteiger partial charge is 0.496 e. The molecule has 1 amide bonds. The molecular formula is C26H27N3O4. The lowest BCUT2D eigenvalue weighted by molar-refractivity contribution is -0.122. The van der Waals surface area contributed by atoms with Crippen LogP contribution in [-0.4, -0.2) is 30.8 Å². The second-order valence-corrected chi connectivity index (χ2v) is 8.78. The van der Waals surface area contributed by atoms with Gasteiger partial charge in [-0.2, -0.15) is 0 Å². The number of aliphatic hydroxyl groups excluding tert-OH is 1. The maximum Gasteiger partial charge on any atom is 0.270 e. The molecule has 0 spiro atoms. The molecule has 3 aromatic rings. The summed E-state index contributed by atoms with van der Waals surface area (Å²) in [5, 5.41) is 16.9. The predicted molar refractivity (Wildman–Crippen MR) is 129 cm³/mol. The second-order valence-electron chi connectivity index (χ2n) is 8.78. The lowest BCUT2D eigenvalue weighted by Gasteiger charge is -2.41. The summed E-state index contributed by atoms with van der Waals surface area (Å²) in [6.07, 6.45) is 0. The highest BCUT2D eigenvalue weighted by molar-refractivity contribution is 6.12. The Labute approximate surface area is 193 Å². The van der Waals surface area contributed by atoms with E-state index in [0.717, 1.165) is 39.3 Å². The lowest BCUT2D eigenvalue weighted by Crippen LogP contribution is -2.57. The van der Waals surface area contributed by atoms with Gasteiger partial charge in [-0.05, 0) is 55.3 Å². The average molecular weight is 446 g/mol. The van der Waals surface area contributed by atoms with Gasteiger partial charge in [0.15, 0.2) is 0 Å². The van der Waals surface area contributed by atoms with Crippen LogP contribution >= 0.6 is 0 Å². The number of carbonyl (C=O) groups is 1. The van der Waals surface area contributed by atoms with E-state index >= 15 is 0 Å². The first-order valence-electron chi connectivity index (χ1n) is 10.9. The van der Waals surface area contributed by atoms with Crippen LogP contribution in [0.25, 0.3) is 11.1 Å². The Bertz CT molecular complexity index is 1250. The molecule has 0 unspecified atom stereocenters. The Kier molecular flexibility index (Phi) is 4.94. The van der Waals surface area contributed by atoms with Gasteiger partial charge in [-0.3, -0.25) is 9.80 Å². The number of anilines is 3. The molecule has 3 aromatic carbocycles. The first-order chi connectivity index (χ1) is 15.9. The highest BCUT2D eigenvalue weighted by Gasteiger charge is 2.47. The van der Waals surface area contributed by atoms with Crippen LogP contribution in [0.2, 0.25) is 0 Å². The Morgan fingerprint density at radius 1 is 1.00 bits per heavy atom. The van der Waals surface area contributed by atoms with E-state index in [4.69, 9.17) is 9.47 Å². The van der Waals surface area contributed by atoms with Crippen LogP contribution in [0, 0.1) is 0 Å². The number of aliphatic hydroxyl groups is 1. The highest BCUT2D eigenvalue weighted by Crippen LogP contribution is 2.51. The van der Waals surface area contributed by atoms with Gasteiger partial charge in [0.2, 0.25) is 0 Å². The average Bonchev–Trinajstić information content (AvgIpc) is 3.23. The van der Waals surface area contributed by atoms with Crippen LogP contribution in [0.15, 0.2) is 54.6 Å². The van der Waals surface area contributed by atoms with Gasteiger partial charge >= 0.3 is 0 Å². The molecule has 7 nitrogen and oxygen atoms in total. The first-order valence-corrected chi connectivity index (χ1v) is 10.9. The molecule has 0 bridgehead atoms. The van der Waals surface area contributed by atoms with Crippen molar-refractivity contribution in [3.05, 3.63) is 65.7 Å². The fraction of sp³-hybridized carbons (Fsp3) is 0.269. The minimum atomic E-state index is -0.773. The van der Waals surface area contributed by atoms with Crippen LogP contribution < -0.4 is 24.8 Å². The quantitative estimate of drug-likeness (QED) is 0.609. The minimum absolute atomic E-state index is 0.0483. The molecule has 0 saturated heterocycles. The first kappa shape index (κ1) is 21.2. The van der Waals surface area contributed by atoms with Gasteiger partial charge in [-0.15, -0.1) is 0 Å². The second kappa shape index (κ2) is 7.71. The molecule has 0 atom stereocenters. The van der Waals surface area contributed by atoms with Gasteiger partial charge < -0.3 is 19.9 Å². The zero-order valence-electron chi connectivity index (χ0n) is 19.2. The number of nitrogens with one attached hydrogen (secondary N) is 1. The molecule has 2 N–H and O–H groups in total. The molecule has 0 aromatic heterocycles. The number of ether oxygens (including phenoxy) is 2. The number of hydrogen-bond donors (Lipinski definition) is 2. The summed E-state index contributed by atoms with van der Waals surface area (Å²) in [7, 11) is 3.27. The number of carbonyl (C=O) groups excluding carboxylic acids is 1. The lowest BCUT2D eigenvalue weighted by atomic mass is 9.92.